The third-order valence-electron chi connectivity index (χ3n) is 5.74. The maximum atomic E-state index is 12.4. The molecule has 1 fully saturated rings. The number of esters is 2. The van der Waals surface area contributed by atoms with Crippen LogP contribution in [0.4, 0.5) is 11.4 Å². The largest absolute Gasteiger partial charge is 0.459 e. The van der Waals surface area contributed by atoms with Crippen LogP contribution in [0.25, 0.3) is 6.08 Å². The first-order valence-electron chi connectivity index (χ1n) is 10.7. The van der Waals surface area contributed by atoms with Gasteiger partial charge in [0, 0.05) is 23.0 Å². The molecule has 31 heavy (non-hydrogen) atoms. The monoisotopic (exact) mass is 422 g/mol. The van der Waals surface area contributed by atoms with Gasteiger partial charge in [0.2, 0.25) is 0 Å². The predicted octanol–water partition coefficient (Wildman–Crippen LogP) is 4.73. The molecular weight excluding hydrogens is 392 g/mol. The number of carbonyl (C=O) groups excluding carboxylic acids is 2. The molecule has 1 aliphatic carbocycles. The summed E-state index contributed by atoms with van der Waals surface area (Å²) in [6.07, 6.45) is 8.30. The van der Waals surface area contributed by atoms with E-state index in [0.29, 0.717) is 22.5 Å². The number of carbonyl (C=O) groups is 2. The van der Waals surface area contributed by atoms with Crippen molar-refractivity contribution < 1.29 is 19.1 Å². The van der Waals surface area contributed by atoms with Crippen molar-refractivity contribution in [3.05, 3.63) is 65.2 Å². The van der Waals surface area contributed by atoms with Gasteiger partial charge in [0.15, 0.2) is 0 Å². The molecule has 6 heteroatoms. The molecule has 0 aromatic heterocycles. The Morgan fingerprint density at radius 1 is 1.03 bits per heavy atom. The van der Waals surface area contributed by atoms with E-state index in [1.54, 1.807) is 48.5 Å². The molecule has 2 aromatic rings. The van der Waals surface area contributed by atoms with Gasteiger partial charge in [0.25, 0.3) is 0 Å². The van der Waals surface area contributed by atoms with Crippen molar-refractivity contribution in [2.75, 3.05) is 11.5 Å². The molecule has 3 rings (SSSR count). The van der Waals surface area contributed by atoms with Gasteiger partial charge in [-0.05, 0) is 73.6 Å². The summed E-state index contributed by atoms with van der Waals surface area (Å²) in [6, 6.07) is 12.0. The minimum atomic E-state index is -0.493. The lowest BCUT2D eigenvalue weighted by Gasteiger charge is -2.27. The third kappa shape index (κ3) is 6.60. The zero-order valence-corrected chi connectivity index (χ0v) is 17.9. The molecule has 0 radical (unpaired) electrons. The van der Waals surface area contributed by atoms with Gasteiger partial charge in [-0.25, -0.2) is 9.59 Å². The second-order valence-electron chi connectivity index (χ2n) is 7.98. The fourth-order valence-corrected chi connectivity index (χ4v) is 3.72. The summed E-state index contributed by atoms with van der Waals surface area (Å²) in [4.78, 5) is 24.4. The van der Waals surface area contributed by atoms with E-state index in [4.69, 9.17) is 20.9 Å². The summed E-state index contributed by atoms with van der Waals surface area (Å²) in [5.41, 5.74) is 14.6. The molecule has 0 aliphatic heterocycles. The number of hydrogen-bond donors (Lipinski definition) is 2. The smallest absolute Gasteiger partial charge is 0.338 e. The first kappa shape index (κ1) is 22.4. The fraction of sp³-hybridized carbons (Fsp3) is 0.360. The number of ether oxygens (including phenoxy) is 2. The highest BCUT2D eigenvalue weighted by atomic mass is 16.5. The molecule has 164 valence electrons. The maximum absolute atomic E-state index is 12.4. The molecule has 0 saturated heterocycles. The molecule has 0 bridgehead atoms. The molecule has 2 aromatic carbocycles. The van der Waals surface area contributed by atoms with E-state index in [1.807, 2.05) is 0 Å². The zero-order chi connectivity index (χ0) is 22.2. The van der Waals surface area contributed by atoms with Crippen LogP contribution in [0.15, 0.2) is 48.5 Å². The van der Waals surface area contributed by atoms with Crippen LogP contribution >= 0.6 is 0 Å². The Hall–Kier alpha value is -3.28. The number of rotatable bonds is 7. The lowest BCUT2D eigenvalue weighted by molar-refractivity contribution is -0.138. The SMILES string of the molecule is CCC1CCC(OC(=O)c2ccc(/C=C/C(=O)OCc3cc(N)ccc3N)cc2)CC1. The number of hydrogen-bond acceptors (Lipinski definition) is 6. The van der Waals surface area contributed by atoms with Gasteiger partial charge in [0.05, 0.1) is 5.56 Å². The highest BCUT2D eigenvalue weighted by molar-refractivity contribution is 5.90. The van der Waals surface area contributed by atoms with Crippen molar-refractivity contribution in [1.29, 1.82) is 0 Å². The van der Waals surface area contributed by atoms with Crippen LogP contribution in [0.3, 0.4) is 0 Å². The number of nitrogens with two attached hydrogens (primary N) is 2. The van der Waals surface area contributed by atoms with Crippen molar-refractivity contribution in [1.82, 2.24) is 0 Å². The minimum Gasteiger partial charge on any atom is -0.459 e. The lowest BCUT2D eigenvalue weighted by atomic mass is 9.86. The summed E-state index contributed by atoms with van der Waals surface area (Å²) < 4.78 is 10.9. The Morgan fingerprint density at radius 3 is 2.42 bits per heavy atom. The summed E-state index contributed by atoms with van der Waals surface area (Å²) in [7, 11) is 0. The van der Waals surface area contributed by atoms with Gasteiger partial charge in [-0.15, -0.1) is 0 Å². The summed E-state index contributed by atoms with van der Waals surface area (Å²) in [5.74, 6) is -0.0292. The van der Waals surface area contributed by atoms with Gasteiger partial charge < -0.3 is 20.9 Å². The average molecular weight is 423 g/mol. The molecule has 6 nitrogen and oxygen atoms in total. The van der Waals surface area contributed by atoms with E-state index < -0.39 is 5.97 Å². The van der Waals surface area contributed by atoms with Crippen molar-refractivity contribution in [3.8, 4) is 0 Å². The van der Waals surface area contributed by atoms with Crippen molar-refractivity contribution in [3.63, 3.8) is 0 Å². The van der Waals surface area contributed by atoms with Gasteiger partial charge >= 0.3 is 11.9 Å². The number of nitrogen functional groups attached to an aromatic ring is 2. The van der Waals surface area contributed by atoms with Crippen LogP contribution in [0, 0.1) is 5.92 Å². The van der Waals surface area contributed by atoms with E-state index >= 15 is 0 Å². The second kappa shape index (κ2) is 10.7. The van der Waals surface area contributed by atoms with Gasteiger partial charge in [-0.3, -0.25) is 0 Å². The summed E-state index contributed by atoms with van der Waals surface area (Å²) in [5, 5.41) is 0. The Balaban J connectivity index is 1.48. The molecule has 1 aliphatic rings. The molecular formula is C25H30N2O4. The second-order valence-corrected chi connectivity index (χ2v) is 7.98. The number of benzene rings is 2. The van der Waals surface area contributed by atoms with Gasteiger partial charge in [-0.1, -0.05) is 25.5 Å². The van der Waals surface area contributed by atoms with Crippen LogP contribution in [-0.2, 0) is 20.9 Å². The van der Waals surface area contributed by atoms with Gasteiger partial charge in [-0.2, -0.15) is 0 Å². The van der Waals surface area contributed by atoms with Crippen molar-refractivity contribution in [2.24, 2.45) is 5.92 Å². The van der Waals surface area contributed by atoms with Crippen LogP contribution in [-0.4, -0.2) is 18.0 Å². The normalized spacial score (nSPS) is 18.6. The average Bonchev–Trinajstić information content (AvgIpc) is 2.79. The maximum Gasteiger partial charge on any atom is 0.338 e. The standard InChI is InChI=1S/C25H30N2O4/c1-2-17-5-11-22(12-6-17)31-25(29)19-8-3-18(4-9-19)7-14-24(28)30-16-20-15-21(26)10-13-23(20)27/h3-4,7-10,13-15,17,22H,2,5-6,11-12,16,26-27H2,1H3/b14-7+. The Bertz CT molecular complexity index is 929. The molecule has 4 N–H and O–H groups in total. The molecule has 0 atom stereocenters. The fourth-order valence-electron chi connectivity index (χ4n) is 3.72. The van der Waals surface area contributed by atoms with E-state index in [-0.39, 0.29) is 18.7 Å². The summed E-state index contributed by atoms with van der Waals surface area (Å²) >= 11 is 0. The third-order valence-corrected chi connectivity index (χ3v) is 5.74. The predicted molar refractivity (Wildman–Crippen MR) is 122 cm³/mol. The van der Waals surface area contributed by atoms with E-state index in [1.165, 1.54) is 12.5 Å². The van der Waals surface area contributed by atoms with Crippen LogP contribution in [0.5, 0.6) is 0 Å². The Labute approximate surface area is 183 Å². The minimum absolute atomic E-state index is 0.0126. The van der Waals surface area contributed by atoms with Crippen LogP contribution in [0.2, 0.25) is 0 Å². The van der Waals surface area contributed by atoms with Crippen LogP contribution < -0.4 is 11.5 Å². The highest BCUT2D eigenvalue weighted by Gasteiger charge is 2.23. The van der Waals surface area contributed by atoms with Gasteiger partial charge in [0.1, 0.15) is 12.7 Å². The molecule has 0 heterocycles. The first-order valence-corrected chi connectivity index (χ1v) is 10.7. The molecule has 0 amide bonds. The Kier molecular flexibility index (Phi) is 7.70. The lowest BCUT2D eigenvalue weighted by Crippen LogP contribution is -2.24. The van der Waals surface area contributed by atoms with Crippen molar-refractivity contribution in [2.45, 2.75) is 51.7 Å². The summed E-state index contributed by atoms with van der Waals surface area (Å²) in [6.45, 7) is 2.26. The molecule has 1 saturated carbocycles. The number of anilines is 2. The quantitative estimate of drug-likeness (QED) is 0.380. The first-order chi connectivity index (χ1) is 14.9. The van der Waals surface area contributed by atoms with Crippen LogP contribution in [0.1, 0.15) is 60.5 Å². The topological polar surface area (TPSA) is 105 Å². The van der Waals surface area contributed by atoms with E-state index in [9.17, 15) is 9.59 Å². The molecule has 0 spiro atoms. The zero-order valence-electron chi connectivity index (χ0n) is 17.9. The Morgan fingerprint density at radius 2 is 1.74 bits per heavy atom. The highest BCUT2D eigenvalue weighted by Crippen LogP contribution is 2.28. The van der Waals surface area contributed by atoms with E-state index in [2.05, 4.69) is 6.92 Å². The van der Waals surface area contributed by atoms with E-state index in [0.717, 1.165) is 37.2 Å². The van der Waals surface area contributed by atoms with Crippen molar-refractivity contribution >= 4 is 29.4 Å². The molecule has 0 unspecified atom stereocenters.